The number of aliphatic carboxylic acids is 1. The minimum atomic E-state index is -0.672. The first-order chi connectivity index (χ1) is 6.50. The summed E-state index contributed by atoms with van der Waals surface area (Å²) in [6.07, 6.45) is 1.02. The molecule has 0 bridgehead atoms. The third-order valence-electron chi connectivity index (χ3n) is 2.94. The average molecular weight is 197 g/mol. The van der Waals surface area contributed by atoms with E-state index < -0.39 is 5.97 Å². The van der Waals surface area contributed by atoms with Crippen molar-refractivity contribution in [1.29, 1.82) is 0 Å². The monoisotopic (exact) mass is 197 g/mol. The van der Waals surface area contributed by atoms with Crippen LogP contribution in [0.2, 0.25) is 0 Å². The van der Waals surface area contributed by atoms with Crippen LogP contribution in [0.3, 0.4) is 0 Å². The summed E-state index contributed by atoms with van der Waals surface area (Å²) in [4.78, 5) is 13.0. The summed E-state index contributed by atoms with van der Waals surface area (Å²) >= 11 is 0. The third kappa shape index (κ3) is 2.84. The van der Waals surface area contributed by atoms with Crippen molar-refractivity contribution in [3.63, 3.8) is 0 Å². The fraction of sp³-hybridized carbons (Fsp3) is 0.727. The maximum Gasteiger partial charge on any atom is 0.306 e. The molecule has 1 aliphatic heterocycles. The van der Waals surface area contributed by atoms with Gasteiger partial charge in [-0.05, 0) is 19.3 Å². The molecule has 1 N–H and O–H groups in total. The lowest BCUT2D eigenvalue weighted by molar-refractivity contribution is -0.145. The fourth-order valence-electron chi connectivity index (χ4n) is 1.66. The van der Waals surface area contributed by atoms with Crippen molar-refractivity contribution in [3.05, 3.63) is 12.2 Å². The molecule has 0 aromatic heterocycles. The second kappa shape index (κ2) is 4.60. The number of carbonyl (C=O) groups is 1. The molecule has 1 saturated heterocycles. The first-order valence-corrected chi connectivity index (χ1v) is 5.10. The van der Waals surface area contributed by atoms with Crippen LogP contribution in [0.4, 0.5) is 0 Å². The summed E-state index contributed by atoms with van der Waals surface area (Å²) in [6.45, 7) is 10.6. The van der Waals surface area contributed by atoms with E-state index in [0.717, 1.165) is 26.1 Å². The van der Waals surface area contributed by atoms with Crippen LogP contribution in [-0.2, 0) is 4.79 Å². The predicted molar refractivity (Wildman–Crippen MR) is 56.2 cm³/mol. The van der Waals surface area contributed by atoms with E-state index in [1.807, 2.05) is 6.92 Å². The smallest absolute Gasteiger partial charge is 0.306 e. The molecule has 1 aliphatic rings. The molecule has 1 atom stereocenters. The van der Waals surface area contributed by atoms with Gasteiger partial charge in [0.1, 0.15) is 0 Å². The molecule has 0 aromatic rings. The maximum absolute atomic E-state index is 10.7. The van der Waals surface area contributed by atoms with Crippen molar-refractivity contribution in [3.8, 4) is 0 Å². The van der Waals surface area contributed by atoms with Gasteiger partial charge in [0, 0.05) is 19.6 Å². The van der Waals surface area contributed by atoms with E-state index in [4.69, 9.17) is 5.11 Å². The van der Waals surface area contributed by atoms with Gasteiger partial charge in [-0.3, -0.25) is 4.79 Å². The van der Waals surface area contributed by atoms with E-state index in [1.165, 1.54) is 5.57 Å². The Hall–Kier alpha value is -0.830. The molecule has 0 amide bonds. The van der Waals surface area contributed by atoms with Crippen LogP contribution >= 0.6 is 0 Å². The lowest BCUT2D eigenvalue weighted by atomic mass is 9.87. The molecule has 3 nitrogen and oxygen atoms in total. The van der Waals surface area contributed by atoms with Gasteiger partial charge in [0.25, 0.3) is 0 Å². The van der Waals surface area contributed by atoms with Crippen LogP contribution in [0.5, 0.6) is 0 Å². The number of hydrogen-bond donors (Lipinski definition) is 1. The molecule has 1 heterocycles. The summed E-state index contributed by atoms with van der Waals surface area (Å²) in [5.41, 5.74) is 1.19. The van der Waals surface area contributed by atoms with Gasteiger partial charge in [0.2, 0.25) is 0 Å². The second-order valence-electron chi connectivity index (χ2n) is 4.35. The van der Waals surface area contributed by atoms with Crippen molar-refractivity contribution < 1.29 is 9.90 Å². The van der Waals surface area contributed by atoms with Crippen LogP contribution < -0.4 is 0 Å². The van der Waals surface area contributed by atoms with E-state index in [2.05, 4.69) is 11.5 Å². The molecule has 14 heavy (non-hydrogen) atoms. The standard InChI is InChI=1S/C11H19NO2/c1-8(2)4-5-12-6-10(7-12)9(3)11(13)14/h9-10H,1,4-7H2,2-3H3,(H,13,14). The minimum absolute atomic E-state index is 0.198. The molecule has 1 fully saturated rings. The maximum atomic E-state index is 10.7. The molecule has 1 unspecified atom stereocenters. The van der Waals surface area contributed by atoms with Crippen LogP contribution in [0.1, 0.15) is 20.3 Å². The molecular weight excluding hydrogens is 178 g/mol. The van der Waals surface area contributed by atoms with Crippen molar-refractivity contribution in [2.45, 2.75) is 20.3 Å². The summed E-state index contributed by atoms with van der Waals surface area (Å²) in [7, 11) is 0. The molecular formula is C11H19NO2. The Bertz CT molecular complexity index is 231. The highest BCUT2D eigenvalue weighted by atomic mass is 16.4. The minimum Gasteiger partial charge on any atom is -0.481 e. The zero-order chi connectivity index (χ0) is 10.7. The van der Waals surface area contributed by atoms with Gasteiger partial charge in [0.05, 0.1) is 5.92 Å². The predicted octanol–water partition coefficient (Wildman–Crippen LogP) is 1.61. The normalized spacial score (nSPS) is 20.1. The summed E-state index contributed by atoms with van der Waals surface area (Å²) < 4.78 is 0. The van der Waals surface area contributed by atoms with E-state index in [9.17, 15) is 4.79 Å². The van der Waals surface area contributed by atoms with Crippen molar-refractivity contribution in [1.82, 2.24) is 4.90 Å². The summed E-state index contributed by atoms with van der Waals surface area (Å²) in [5, 5.41) is 8.79. The number of rotatable bonds is 5. The van der Waals surface area contributed by atoms with Gasteiger partial charge in [-0.1, -0.05) is 12.5 Å². The molecule has 0 radical (unpaired) electrons. The zero-order valence-corrected chi connectivity index (χ0v) is 8.99. The van der Waals surface area contributed by atoms with E-state index in [1.54, 1.807) is 6.92 Å². The Morgan fingerprint density at radius 1 is 1.64 bits per heavy atom. The van der Waals surface area contributed by atoms with Gasteiger partial charge in [-0.2, -0.15) is 0 Å². The van der Waals surface area contributed by atoms with Gasteiger partial charge in [-0.15, -0.1) is 6.58 Å². The highest BCUT2D eigenvalue weighted by Crippen LogP contribution is 2.24. The van der Waals surface area contributed by atoms with Crippen molar-refractivity contribution >= 4 is 5.97 Å². The van der Waals surface area contributed by atoms with E-state index >= 15 is 0 Å². The Morgan fingerprint density at radius 2 is 2.21 bits per heavy atom. The molecule has 0 aromatic carbocycles. The third-order valence-corrected chi connectivity index (χ3v) is 2.94. The number of nitrogens with zero attached hydrogens (tertiary/aromatic N) is 1. The Labute approximate surface area is 85.4 Å². The topological polar surface area (TPSA) is 40.5 Å². The SMILES string of the molecule is C=C(C)CCN1CC(C(C)C(=O)O)C1. The van der Waals surface area contributed by atoms with Gasteiger partial charge in [-0.25, -0.2) is 0 Å². The quantitative estimate of drug-likeness (QED) is 0.681. The van der Waals surface area contributed by atoms with Gasteiger partial charge in [0.15, 0.2) is 0 Å². The Balaban J connectivity index is 2.17. The summed E-state index contributed by atoms with van der Waals surface area (Å²) in [6, 6.07) is 0. The number of hydrogen-bond acceptors (Lipinski definition) is 2. The first-order valence-electron chi connectivity index (χ1n) is 5.10. The average Bonchev–Trinajstić information content (AvgIpc) is 2.00. The fourth-order valence-corrected chi connectivity index (χ4v) is 1.66. The van der Waals surface area contributed by atoms with Crippen LogP contribution in [-0.4, -0.2) is 35.6 Å². The van der Waals surface area contributed by atoms with Crippen LogP contribution in [0.25, 0.3) is 0 Å². The number of likely N-dealkylation sites (tertiary alicyclic amines) is 1. The van der Waals surface area contributed by atoms with Gasteiger partial charge >= 0.3 is 5.97 Å². The van der Waals surface area contributed by atoms with Crippen LogP contribution in [0.15, 0.2) is 12.2 Å². The van der Waals surface area contributed by atoms with Gasteiger partial charge < -0.3 is 10.0 Å². The molecule has 0 saturated carbocycles. The summed E-state index contributed by atoms with van der Waals surface area (Å²) in [5.74, 6) is -0.525. The van der Waals surface area contributed by atoms with E-state index in [-0.39, 0.29) is 5.92 Å². The second-order valence-corrected chi connectivity index (χ2v) is 4.35. The number of carboxylic acids is 1. The lowest BCUT2D eigenvalue weighted by Crippen LogP contribution is -2.51. The van der Waals surface area contributed by atoms with Crippen molar-refractivity contribution in [2.75, 3.05) is 19.6 Å². The largest absolute Gasteiger partial charge is 0.481 e. The molecule has 0 aliphatic carbocycles. The van der Waals surface area contributed by atoms with Crippen molar-refractivity contribution in [2.24, 2.45) is 11.8 Å². The molecule has 3 heteroatoms. The molecule has 1 rings (SSSR count). The lowest BCUT2D eigenvalue weighted by Gasteiger charge is -2.41. The Kier molecular flexibility index (Phi) is 3.69. The van der Waals surface area contributed by atoms with Crippen LogP contribution in [0, 0.1) is 11.8 Å². The highest BCUT2D eigenvalue weighted by Gasteiger charge is 2.33. The Morgan fingerprint density at radius 3 is 2.64 bits per heavy atom. The van der Waals surface area contributed by atoms with E-state index in [0.29, 0.717) is 5.92 Å². The molecule has 80 valence electrons. The highest BCUT2D eigenvalue weighted by molar-refractivity contribution is 5.70. The zero-order valence-electron chi connectivity index (χ0n) is 8.99. The number of carboxylic acid groups (broad SMARTS) is 1. The molecule has 0 spiro atoms. The first kappa shape index (κ1) is 11.2.